The number of primary amides is 2. The van der Waals surface area contributed by atoms with Crippen molar-refractivity contribution < 1.29 is 87.2 Å². The first kappa shape index (κ1) is 99.7. The van der Waals surface area contributed by atoms with Crippen LogP contribution in [-0.4, -0.2) is 250 Å². The number of aliphatic hydroxyl groups is 3. The van der Waals surface area contributed by atoms with Crippen LogP contribution in [0.2, 0.25) is 0 Å². The number of nitrogens with two attached hydrogens (primary N) is 5. The van der Waals surface area contributed by atoms with Crippen LogP contribution in [0.5, 0.6) is 0 Å². The number of carbonyl (C=O) groups excluding carboxylic acids is 15. The first-order chi connectivity index (χ1) is 58.1. The largest absolute Gasteiger partial charge is 0.394 e. The number of rotatable bonds is 30. The summed E-state index contributed by atoms with van der Waals surface area (Å²) in [6.45, 7) is -0.246. The fourth-order valence-corrected chi connectivity index (χ4v) is 15.8. The van der Waals surface area contributed by atoms with Crippen LogP contribution in [-0.2, 0) is 97.6 Å². The molecule has 40 heteroatoms. The number of fused-ring (bicyclic) bond motifs is 1. The van der Waals surface area contributed by atoms with Crippen molar-refractivity contribution in [2.45, 2.75) is 208 Å². The lowest BCUT2D eigenvalue weighted by molar-refractivity contribution is -0.137. The fraction of sp³-hybridized carbons (Fsp3) is 0.500. The van der Waals surface area contributed by atoms with E-state index in [0.29, 0.717) is 78.2 Å². The number of aromatic amines is 1. The molecule has 0 saturated carbocycles. The van der Waals surface area contributed by atoms with Crippen LogP contribution in [0, 0.1) is 0 Å². The summed E-state index contributed by atoms with van der Waals surface area (Å²) in [5.41, 5.74) is 31.6. The van der Waals surface area contributed by atoms with Crippen LogP contribution < -0.4 is 103 Å². The number of aliphatic hydroxyl groups excluding tert-OH is 3. The van der Waals surface area contributed by atoms with Crippen molar-refractivity contribution in [2.24, 2.45) is 28.7 Å². The van der Waals surface area contributed by atoms with Gasteiger partial charge in [0.05, 0.1) is 31.8 Å². The number of hydrogen-bond acceptors (Lipinski definition) is 24. The van der Waals surface area contributed by atoms with E-state index in [0.717, 1.165) is 28.5 Å². The summed E-state index contributed by atoms with van der Waals surface area (Å²) in [5, 5.41) is 70.0. The predicted octanol–water partition coefficient (Wildman–Crippen LogP) is -4.36. The summed E-state index contributed by atoms with van der Waals surface area (Å²) < 4.78 is 0. The average Bonchev–Trinajstić information content (AvgIpc) is 1.66. The van der Waals surface area contributed by atoms with Gasteiger partial charge in [0.25, 0.3) is 0 Å². The van der Waals surface area contributed by atoms with Crippen molar-refractivity contribution in [3.63, 3.8) is 0 Å². The molecule has 0 radical (unpaired) electrons. The van der Waals surface area contributed by atoms with E-state index in [1.807, 2.05) is 0 Å². The second-order valence-corrected chi connectivity index (χ2v) is 32.2. The Morgan fingerprint density at radius 1 is 0.459 bits per heavy atom. The molecule has 28 N–H and O–H groups in total. The van der Waals surface area contributed by atoms with Gasteiger partial charge in [-0.15, -0.1) is 0 Å². The number of amides is 15. The standard InChI is InChI=1S/C81H114N20O18S2.CH4/c1-46(104)67-81(119)96-59(38-49-24-9-4-10-25-49)74(112)97-62(42-102)77(115)98-63(43-103)78(116)100-64(79(117)89-53(68(86)106)28-13-16-32-82)44-120-121-45-65(99-69(107)54-31-19-35-87-54)80(118)91-55(29-14-17-33-83)70(108)95-61(40-66(85)105)76(114)93-57(36-47-20-5-2-6-21-47)72(110)92-58(37-48-22-7-3-8-23-48)73(111)94-60(39-50-41-88-52-27-12-11-26-51(50)52)75(113)90-56(71(109)101-67)30-15-18-34-84;/h2-12,20-27,41,46,53-65,67,87-88,102-104H,13-19,28-40,42-45,82-84H2,1H3,(H2,85,105)(H2,86,106)(H,89,117)(H,90,113)(H,91,118)(H,92,110)(H,93,114)(H,94,111)(H,95,108)(H,96,119)(H,97,112)(H,98,115)(H,99,107)(H,100,116)(H,101,109);1H4. The molecule has 2 aliphatic heterocycles. The van der Waals surface area contributed by atoms with Crippen LogP contribution in [0.15, 0.2) is 121 Å². The minimum atomic E-state index is -1.96. The third-order valence-corrected chi connectivity index (χ3v) is 22.6. The molecule has 122 heavy (non-hydrogen) atoms. The minimum Gasteiger partial charge on any atom is -0.394 e. The zero-order valence-corrected chi connectivity index (χ0v) is 69.0. The van der Waals surface area contributed by atoms with Crippen molar-refractivity contribution in [3.05, 3.63) is 144 Å². The van der Waals surface area contributed by atoms with Crippen molar-refractivity contribution >= 4 is 121 Å². The van der Waals surface area contributed by atoms with E-state index in [9.17, 15) is 72.9 Å². The maximum atomic E-state index is 15.4. The van der Waals surface area contributed by atoms with Crippen molar-refractivity contribution in [1.82, 2.24) is 79.4 Å². The van der Waals surface area contributed by atoms with Crippen molar-refractivity contribution in [3.8, 4) is 0 Å². The highest BCUT2D eigenvalue weighted by atomic mass is 33.1. The van der Waals surface area contributed by atoms with Gasteiger partial charge in [-0.2, -0.15) is 0 Å². The van der Waals surface area contributed by atoms with Crippen LogP contribution in [0.3, 0.4) is 0 Å². The van der Waals surface area contributed by atoms with E-state index in [-0.39, 0.29) is 90.6 Å². The van der Waals surface area contributed by atoms with Crippen molar-refractivity contribution in [1.29, 1.82) is 0 Å². The number of para-hydroxylation sites is 1. The molecule has 7 rings (SSSR count). The molecular weight excluding hydrogens is 1620 g/mol. The molecule has 2 fully saturated rings. The third kappa shape index (κ3) is 32.4. The van der Waals surface area contributed by atoms with E-state index in [1.165, 1.54) is 0 Å². The normalized spacial score (nSPS) is 24.0. The monoisotopic (exact) mass is 1730 g/mol. The Hall–Kier alpha value is -11.1. The third-order valence-electron chi connectivity index (χ3n) is 20.2. The Bertz CT molecular complexity index is 4290. The van der Waals surface area contributed by atoms with Crippen LogP contribution in [0.25, 0.3) is 10.9 Å². The Morgan fingerprint density at radius 2 is 0.869 bits per heavy atom. The molecule has 1 aromatic heterocycles. The average molecular weight is 1740 g/mol. The van der Waals surface area contributed by atoms with Gasteiger partial charge < -0.3 is 123 Å². The van der Waals surface area contributed by atoms with Crippen LogP contribution in [0.1, 0.15) is 114 Å². The summed E-state index contributed by atoms with van der Waals surface area (Å²) in [7, 11) is 1.74. The number of nitrogens with one attached hydrogen (secondary N) is 15. The maximum Gasteiger partial charge on any atom is 0.245 e. The topological polar surface area (TPSA) is 631 Å². The number of aromatic nitrogens is 1. The Balaban J connectivity index is 0.0000230. The van der Waals surface area contributed by atoms with Gasteiger partial charge in [-0.05, 0) is 132 Å². The molecule has 0 spiro atoms. The zero-order chi connectivity index (χ0) is 87.9. The molecule has 5 aromatic rings. The lowest BCUT2D eigenvalue weighted by Gasteiger charge is -2.29. The molecular formula is C82H118N20O18S2. The SMILES string of the molecule is C.CC(O)C1NC(=O)C(CCCCN)NC(=O)C(Cc2c[nH]c3ccccc23)NC(=O)C(Cc2ccccc2)NC(=O)C(Cc2ccccc2)NC(=O)C(CC(N)=O)NC(=O)C(CCCCN)NC(=O)C(NC(=O)C2CCCN2)CSSCC(C(=O)NC(CCCCN)C(N)=O)NC(=O)C(CO)NC(=O)C(CO)NC(=O)C(Cc2ccccc2)NC1=O. The molecule has 4 aromatic carbocycles. The van der Waals surface area contributed by atoms with Gasteiger partial charge in [-0.3, -0.25) is 71.9 Å². The fourth-order valence-electron chi connectivity index (χ4n) is 13.4. The molecule has 2 aliphatic rings. The highest BCUT2D eigenvalue weighted by Gasteiger charge is 2.40. The predicted molar refractivity (Wildman–Crippen MR) is 458 cm³/mol. The Morgan fingerprint density at radius 3 is 1.34 bits per heavy atom. The van der Waals surface area contributed by atoms with Gasteiger partial charge in [0.2, 0.25) is 88.6 Å². The molecule has 666 valence electrons. The second kappa shape index (κ2) is 52.3. The number of H-pyrrole nitrogens is 1. The Kier molecular flexibility index (Phi) is 42.7. The summed E-state index contributed by atoms with van der Waals surface area (Å²) >= 11 is 0. The molecule has 2 saturated heterocycles. The number of carbonyl (C=O) groups is 15. The second-order valence-electron chi connectivity index (χ2n) is 29.6. The van der Waals surface area contributed by atoms with Crippen LogP contribution in [0.4, 0.5) is 0 Å². The van der Waals surface area contributed by atoms with Crippen molar-refractivity contribution in [2.75, 3.05) is 50.9 Å². The van der Waals surface area contributed by atoms with E-state index < -0.39 is 205 Å². The van der Waals surface area contributed by atoms with E-state index in [1.54, 1.807) is 121 Å². The molecule has 15 atom stereocenters. The molecule has 0 bridgehead atoms. The van der Waals surface area contributed by atoms with Gasteiger partial charge in [0.1, 0.15) is 78.5 Å². The maximum absolute atomic E-state index is 15.4. The highest BCUT2D eigenvalue weighted by Crippen LogP contribution is 2.25. The van der Waals surface area contributed by atoms with Gasteiger partial charge in [-0.1, -0.05) is 138 Å². The van der Waals surface area contributed by atoms with E-state index in [4.69, 9.17) is 28.7 Å². The summed E-state index contributed by atoms with van der Waals surface area (Å²) in [6, 6.07) is 9.28. The molecule has 38 nitrogen and oxygen atoms in total. The number of unbranched alkanes of at least 4 members (excludes halogenated alkanes) is 3. The van der Waals surface area contributed by atoms with E-state index in [2.05, 4.69) is 79.4 Å². The van der Waals surface area contributed by atoms with Gasteiger partial charge in [-0.25, -0.2) is 0 Å². The van der Waals surface area contributed by atoms with Gasteiger partial charge in [0.15, 0.2) is 0 Å². The number of hydrogen-bond donors (Lipinski definition) is 23. The first-order valence-electron chi connectivity index (χ1n) is 40.3. The summed E-state index contributed by atoms with van der Waals surface area (Å²) in [4.78, 5) is 221. The first-order valence-corrected chi connectivity index (χ1v) is 42.8. The number of benzene rings is 4. The lowest BCUT2D eigenvalue weighted by atomic mass is 10.00. The van der Waals surface area contributed by atoms with Crippen LogP contribution >= 0.6 is 21.6 Å². The van der Waals surface area contributed by atoms with Gasteiger partial charge >= 0.3 is 0 Å². The van der Waals surface area contributed by atoms with Gasteiger partial charge in [0, 0.05) is 54.3 Å². The minimum absolute atomic E-state index is 0. The lowest BCUT2D eigenvalue weighted by Crippen LogP contribution is -2.63. The quantitative estimate of drug-likeness (QED) is 0.0153. The molecule has 0 aliphatic carbocycles. The smallest absolute Gasteiger partial charge is 0.245 e. The molecule has 15 unspecified atom stereocenters. The molecule has 3 heterocycles. The summed E-state index contributed by atoms with van der Waals surface area (Å²) in [5.74, 6) is -16.4. The summed E-state index contributed by atoms with van der Waals surface area (Å²) in [6.07, 6.45) is 0.273. The molecule has 15 amide bonds. The highest BCUT2D eigenvalue weighted by molar-refractivity contribution is 8.76. The Labute approximate surface area is 715 Å². The van der Waals surface area contributed by atoms with E-state index >= 15 is 14.4 Å². The zero-order valence-electron chi connectivity index (χ0n) is 67.3.